The van der Waals surface area contributed by atoms with Crippen LogP contribution in [0, 0.1) is 5.82 Å². The number of halogens is 1. The molecule has 1 aliphatic heterocycles. The first-order chi connectivity index (χ1) is 15.3. The van der Waals surface area contributed by atoms with E-state index in [1.807, 2.05) is 0 Å². The highest BCUT2D eigenvalue weighted by Crippen LogP contribution is 2.34. The van der Waals surface area contributed by atoms with Gasteiger partial charge in [-0.2, -0.15) is 0 Å². The Morgan fingerprint density at radius 3 is 2.72 bits per heavy atom. The zero-order chi connectivity index (χ0) is 22.8. The number of aromatic nitrogens is 2. The van der Waals surface area contributed by atoms with Gasteiger partial charge in [0, 0.05) is 12.7 Å². The summed E-state index contributed by atoms with van der Waals surface area (Å²) in [6, 6.07) is 11.0. The molecule has 4 rings (SSSR count). The fourth-order valence-corrected chi connectivity index (χ4v) is 4.39. The molecule has 1 saturated heterocycles. The van der Waals surface area contributed by atoms with Crippen molar-refractivity contribution in [2.24, 2.45) is 0 Å². The molecule has 0 aliphatic carbocycles. The van der Waals surface area contributed by atoms with E-state index in [9.17, 15) is 19.1 Å². The molecule has 1 amide bonds. The number of aliphatic hydroxyl groups excluding tert-OH is 1. The molecule has 3 aromatic rings. The van der Waals surface area contributed by atoms with Crippen LogP contribution in [0.2, 0.25) is 0 Å². The van der Waals surface area contributed by atoms with Gasteiger partial charge < -0.3 is 10.4 Å². The summed E-state index contributed by atoms with van der Waals surface area (Å²) in [4.78, 5) is 32.4. The molecular weight excluding hydrogens is 451 g/mol. The lowest BCUT2D eigenvalue weighted by atomic mass is 10.2. The van der Waals surface area contributed by atoms with E-state index in [4.69, 9.17) is 12.2 Å². The number of carbonyl (C=O) groups excluding carboxylic acids is 1. The van der Waals surface area contributed by atoms with Gasteiger partial charge in [-0.05, 0) is 42.8 Å². The number of hydrogen-bond acceptors (Lipinski definition) is 7. The van der Waals surface area contributed by atoms with Gasteiger partial charge in [0.2, 0.25) is 0 Å². The number of nitrogens with zero attached hydrogens (tertiary/aromatic N) is 3. The smallest absolute Gasteiger partial charge is 0.267 e. The van der Waals surface area contributed by atoms with E-state index in [2.05, 4.69) is 10.3 Å². The highest BCUT2D eigenvalue weighted by Gasteiger charge is 2.32. The Balaban J connectivity index is 1.71. The van der Waals surface area contributed by atoms with Gasteiger partial charge in [0.05, 0.1) is 23.1 Å². The molecule has 2 aromatic heterocycles. The van der Waals surface area contributed by atoms with Gasteiger partial charge >= 0.3 is 0 Å². The topological polar surface area (TPSA) is 86.9 Å². The maximum absolute atomic E-state index is 13.2. The van der Waals surface area contributed by atoms with E-state index in [1.54, 1.807) is 43.5 Å². The molecule has 164 valence electrons. The number of thioether (sulfide) groups is 1. The van der Waals surface area contributed by atoms with E-state index < -0.39 is 6.10 Å². The van der Waals surface area contributed by atoms with Crippen molar-refractivity contribution < 1.29 is 14.3 Å². The highest BCUT2D eigenvalue weighted by molar-refractivity contribution is 8.26. The molecule has 0 spiro atoms. The number of amides is 1. The van der Waals surface area contributed by atoms with Crippen molar-refractivity contribution >= 4 is 51.7 Å². The summed E-state index contributed by atoms with van der Waals surface area (Å²) in [6.45, 7) is 1.99. The summed E-state index contributed by atoms with van der Waals surface area (Å²) in [5.41, 5.74) is 1.01. The lowest BCUT2D eigenvalue weighted by Gasteiger charge is -2.14. The largest absolute Gasteiger partial charge is 0.392 e. The molecule has 7 nitrogen and oxygen atoms in total. The maximum atomic E-state index is 13.2. The van der Waals surface area contributed by atoms with Gasteiger partial charge in [-0.25, -0.2) is 9.37 Å². The van der Waals surface area contributed by atoms with Crippen LogP contribution in [0.3, 0.4) is 0 Å². The second kappa shape index (κ2) is 9.19. The minimum atomic E-state index is -0.659. The number of fused-ring (bicyclic) bond motifs is 1. The van der Waals surface area contributed by atoms with E-state index >= 15 is 0 Å². The van der Waals surface area contributed by atoms with E-state index in [0.717, 1.165) is 17.3 Å². The number of pyridine rings is 1. The molecule has 0 radical (unpaired) electrons. The summed E-state index contributed by atoms with van der Waals surface area (Å²) < 4.78 is 14.9. The van der Waals surface area contributed by atoms with Crippen LogP contribution in [0.5, 0.6) is 0 Å². The van der Waals surface area contributed by atoms with Crippen molar-refractivity contribution in [3.05, 3.63) is 80.9 Å². The fraction of sp³-hybridized carbons (Fsp3) is 0.182. The zero-order valence-corrected chi connectivity index (χ0v) is 18.6. The van der Waals surface area contributed by atoms with Crippen molar-refractivity contribution in [2.75, 3.05) is 11.9 Å². The van der Waals surface area contributed by atoms with Crippen LogP contribution in [0.15, 0.2) is 58.4 Å². The normalized spacial score (nSPS) is 16.2. The number of hydrogen-bond donors (Lipinski definition) is 2. The predicted molar refractivity (Wildman–Crippen MR) is 127 cm³/mol. The number of benzene rings is 1. The average Bonchev–Trinajstić information content (AvgIpc) is 3.03. The second-order valence-electron chi connectivity index (χ2n) is 7.23. The SMILES string of the molecule is C[C@@H](O)CNc1nc2ccccn2c(=O)c1/C=C1\SC(=S)N(Cc2ccc(F)cc2)C1=O. The van der Waals surface area contributed by atoms with Crippen LogP contribution in [-0.4, -0.2) is 42.3 Å². The number of aliphatic hydroxyl groups is 1. The van der Waals surface area contributed by atoms with Crippen molar-refractivity contribution in [1.29, 1.82) is 0 Å². The molecule has 32 heavy (non-hydrogen) atoms. The summed E-state index contributed by atoms with van der Waals surface area (Å²) in [5.74, 6) is -0.435. The average molecular weight is 471 g/mol. The Morgan fingerprint density at radius 2 is 2.00 bits per heavy atom. The van der Waals surface area contributed by atoms with Crippen molar-refractivity contribution in [3.8, 4) is 0 Å². The zero-order valence-electron chi connectivity index (χ0n) is 17.0. The quantitative estimate of drug-likeness (QED) is 0.423. The molecule has 0 unspecified atom stereocenters. The Labute approximate surface area is 192 Å². The minimum absolute atomic E-state index is 0.182. The summed E-state index contributed by atoms with van der Waals surface area (Å²) in [6.07, 6.45) is 2.41. The molecule has 1 fully saturated rings. The third-order valence-electron chi connectivity index (χ3n) is 4.74. The van der Waals surface area contributed by atoms with Crippen molar-refractivity contribution in [1.82, 2.24) is 14.3 Å². The Hall–Kier alpha value is -3.08. The molecule has 0 saturated carbocycles. The maximum Gasteiger partial charge on any atom is 0.267 e. The van der Waals surface area contributed by atoms with Gasteiger partial charge in [0.25, 0.3) is 11.5 Å². The molecular formula is C22H19FN4O3S2. The second-order valence-corrected chi connectivity index (χ2v) is 8.91. The monoisotopic (exact) mass is 470 g/mol. The molecule has 3 heterocycles. The van der Waals surface area contributed by atoms with Gasteiger partial charge in [-0.15, -0.1) is 0 Å². The third-order valence-corrected chi connectivity index (χ3v) is 6.11. The van der Waals surface area contributed by atoms with Crippen LogP contribution in [0.25, 0.3) is 11.7 Å². The third kappa shape index (κ3) is 4.57. The van der Waals surface area contributed by atoms with Gasteiger partial charge in [0.1, 0.15) is 21.6 Å². The minimum Gasteiger partial charge on any atom is -0.392 e. The first-order valence-electron chi connectivity index (χ1n) is 9.76. The number of nitrogens with one attached hydrogen (secondary N) is 1. The standard InChI is InChI=1S/C22H19FN4O3S2/c1-13(28)11-24-19-16(20(29)26-9-3-2-4-18(26)25-19)10-17-21(30)27(22(31)32-17)12-14-5-7-15(23)8-6-14/h2-10,13,24,28H,11-12H2,1H3/b17-10-/t13-/m1/s1. The lowest BCUT2D eigenvalue weighted by molar-refractivity contribution is -0.122. The van der Waals surface area contributed by atoms with Gasteiger partial charge in [-0.1, -0.05) is 42.2 Å². The molecule has 2 N–H and O–H groups in total. The van der Waals surface area contributed by atoms with Crippen LogP contribution in [-0.2, 0) is 11.3 Å². The van der Waals surface area contributed by atoms with Crippen molar-refractivity contribution in [2.45, 2.75) is 19.6 Å². The Bertz CT molecular complexity index is 1290. The van der Waals surface area contributed by atoms with Crippen LogP contribution in [0.1, 0.15) is 18.1 Å². The Morgan fingerprint density at radius 1 is 1.25 bits per heavy atom. The highest BCUT2D eigenvalue weighted by atomic mass is 32.2. The Kier molecular flexibility index (Phi) is 6.35. The lowest BCUT2D eigenvalue weighted by Crippen LogP contribution is -2.27. The summed E-state index contributed by atoms with van der Waals surface area (Å²) >= 11 is 6.46. The molecule has 1 atom stereocenters. The first kappa shape index (κ1) is 22.1. The molecule has 0 bridgehead atoms. The molecule has 10 heteroatoms. The van der Waals surface area contributed by atoms with E-state index in [1.165, 1.54) is 27.5 Å². The van der Waals surface area contributed by atoms with Crippen LogP contribution < -0.4 is 10.9 Å². The van der Waals surface area contributed by atoms with Gasteiger partial charge in [0.15, 0.2) is 0 Å². The number of carbonyl (C=O) groups is 1. The van der Waals surface area contributed by atoms with Crippen LogP contribution >= 0.6 is 24.0 Å². The number of anilines is 1. The first-order valence-corrected chi connectivity index (χ1v) is 11.0. The summed E-state index contributed by atoms with van der Waals surface area (Å²) in [5, 5.41) is 12.6. The van der Waals surface area contributed by atoms with E-state index in [0.29, 0.717) is 9.97 Å². The molecule has 1 aromatic carbocycles. The number of rotatable bonds is 6. The fourth-order valence-electron chi connectivity index (χ4n) is 3.15. The van der Waals surface area contributed by atoms with Gasteiger partial charge in [-0.3, -0.25) is 18.9 Å². The number of thiocarbonyl (C=S) groups is 1. The predicted octanol–water partition coefficient (Wildman–Crippen LogP) is 3.03. The van der Waals surface area contributed by atoms with Crippen molar-refractivity contribution in [3.63, 3.8) is 0 Å². The summed E-state index contributed by atoms with van der Waals surface area (Å²) in [7, 11) is 0. The molecule has 1 aliphatic rings. The van der Waals surface area contributed by atoms with Crippen LogP contribution in [0.4, 0.5) is 10.2 Å². The van der Waals surface area contributed by atoms with E-state index in [-0.39, 0.29) is 46.7 Å².